The van der Waals surface area contributed by atoms with Gasteiger partial charge in [-0.1, -0.05) is 72.6 Å². The third-order valence-corrected chi connectivity index (χ3v) is 6.32. The molecule has 0 N–H and O–H groups in total. The van der Waals surface area contributed by atoms with E-state index in [9.17, 15) is 0 Å². The predicted octanol–water partition coefficient (Wildman–Crippen LogP) is 7.71. The van der Waals surface area contributed by atoms with Crippen LogP contribution in [0.25, 0.3) is 0 Å². The molecule has 0 aliphatic heterocycles. The lowest BCUT2D eigenvalue weighted by atomic mass is 9.85. The smallest absolute Gasteiger partial charge is 0.125 e. The van der Waals surface area contributed by atoms with Crippen molar-refractivity contribution in [1.29, 1.82) is 0 Å². The summed E-state index contributed by atoms with van der Waals surface area (Å²) in [6, 6.07) is 0. The minimum atomic E-state index is -0.338. The van der Waals surface area contributed by atoms with Crippen molar-refractivity contribution in [3.63, 3.8) is 0 Å². The van der Waals surface area contributed by atoms with Crippen molar-refractivity contribution in [2.75, 3.05) is 0 Å². The van der Waals surface area contributed by atoms with Gasteiger partial charge < -0.3 is 4.74 Å². The van der Waals surface area contributed by atoms with Crippen LogP contribution in [0.4, 0.5) is 0 Å². The number of hydrogen-bond acceptors (Lipinski definition) is 3. The molecule has 0 saturated carbocycles. The second-order valence-corrected chi connectivity index (χ2v) is 10.0. The van der Waals surface area contributed by atoms with Crippen LogP contribution in [0.1, 0.15) is 97.9 Å². The van der Waals surface area contributed by atoms with Crippen molar-refractivity contribution in [2.24, 2.45) is 5.41 Å². The van der Waals surface area contributed by atoms with Gasteiger partial charge in [-0.05, 0) is 41.6 Å². The number of nitrogens with zero attached hydrogens (tertiary/aromatic N) is 1. The van der Waals surface area contributed by atoms with Gasteiger partial charge in [-0.15, -0.1) is 11.3 Å². The van der Waals surface area contributed by atoms with E-state index in [0.717, 1.165) is 16.0 Å². The van der Waals surface area contributed by atoms with Crippen LogP contribution in [-0.2, 0) is 10.3 Å². The summed E-state index contributed by atoms with van der Waals surface area (Å²) in [4.78, 5) is 4.57. The van der Waals surface area contributed by atoms with Crippen LogP contribution in [0.15, 0.2) is 9.98 Å². The van der Waals surface area contributed by atoms with Crippen molar-refractivity contribution < 1.29 is 4.74 Å². The summed E-state index contributed by atoms with van der Waals surface area (Å²) < 4.78 is 7.48. The lowest BCUT2D eigenvalue weighted by molar-refractivity contribution is -0.122. The first-order valence-corrected chi connectivity index (χ1v) is 11.1. The fraction of sp³-hybridized carbons (Fsp3) is 0.850. The number of unbranched alkanes of at least 4 members (excludes halogenated alkanes) is 6. The minimum Gasteiger partial charge on any atom is -0.365 e. The molecular formula is C20H36BrNOS. The third kappa shape index (κ3) is 7.97. The molecular weight excluding hydrogens is 382 g/mol. The van der Waals surface area contributed by atoms with E-state index in [-0.39, 0.29) is 17.1 Å². The van der Waals surface area contributed by atoms with E-state index in [1.807, 2.05) is 5.38 Å². The molecule has 0 bridgehead atoms. The highest BCUT2D eigenvalue weighted by atomic mass is 79.9. The van der Waals surface area contributed by atoms with Gasteiger partial charge in [0.1, 0.15) is 15.2 Å². The monoisotopic (exact) mass is 417 g/mol. The Morgan fingerprint density at radius 1 is 1.04 bits per heavy atom. The van der Waals surface area contributed by atoms with Crippen molar-refractivity contribution in [1.82, 2.24) is 4.98 Å². The molecule has 0 aliphatic carbocycles. The van der Waals surface area contributed by atoms with E-state index in [1.165, 1.54) is 44.9 Å². The zero-order valence-electron chi connectivity index (χ0n) is 16.5. The summed E-state index contributed by atoms with van der Waals surface area (Å²) in [5.41, 5.74) is -0.191. The van der Waals surface area contributed by atoms with E-state index in [1.54, 1.807) is 11.3 Å². The van der Waals surface area contributed by atoms with Gasteiger partial charge in [0.2, 0.25) is 0 Å². The van der Waals surface area contributed by atoms with Crippen LogP contribution in [0, 0.1) is 5.41 Å². The SMILES string of the molecule is CCCCCCCCCC(OC(C)(C)c1nc(Br)cs1)C(C)(C)C. The molecule has 1 unspecified atom stereocenters. The van der Waals surface area contributed by atoms with Gasteiger partial charge >= 0.3 is 0 Å². The van der Waals surface area contributed by atoms with E-state index in [0.29, 0.717) is 0 Å². The van der Waals surface area contributed by atoms with E-state index in [4.69, 9.17) is 4.74 Å². The summed E-state index contributed by atoms with van der Waals surface area (Å²) in [6.45, 7) is 13.4. The second kappa shape index (κ2) is 10.3. The molecule has 1 atom stereocenters. The summed E-state index contributed by atoms with van der Waals surface area (Å²) in [5.74, 6) is 0. The molecule has 4 heteroatoms. The van der Waals surface area contributed by atoms with Crippen LogP contribution in [0.5, 0.6) is 0 Å². The van der Waals surface area contributed by atoms with Crippen molar-refractivity contribution in [2.45, 2.75) is 105 Å². The average Bonchev–Trinajstić information content (AvgIpc) is 2.91. The molecule has 0 aromatic carbocycles. The maximum Gasteiger partial charge on any atom is 0.125 e. The van der Waals surface area contributed by atoms with Gasteiger partial charge in [0.15, 0.2) is 0 Å². The fourth-order valence-electron chi connectivity index (χ4n) is 2.89. The zero-order valence-corrected chi connectivity index (χ0v) is 18.9. The Morgan fingerprint density at radius 3 is 2.12 bits per heavy atom. The predicted molar refractivity (Wildman–Crippen MR) is 110 cm³/mol. The Labute approximate surface area is 161 Å². The second-order valence-electron chi connectivity index (χ2n) is 8.37. The van der Waals surface area contributed by atoms with Crippen LogP contribution in [-0.4, -0.2) is 11.1 Å². The lowest BCUT2D eigenvalue weighted by Gasteiger charge is -2.37. The molecule has 0 aliphatic rings. The first kappa shape index (κ1) is 22.1. The topological polar surface area (TPSA) is 22.1 Å². The van der Waals surface area contributed by atoms with Crippen LogP contribution in [0.2, 0.25) is 0 Å². The quantitative estimate of drug-likeness (QED) is 0.343. The van der Waals surface area contributed by atoms with Gasteiger partial charge in [-0.25, -0.2) is 4.98 Å². The Morgan fingerprint density at radius 2 is 1.62 bits per heavy atom. The first-order chi connectivity index (χ1) is 11.2. The Balaban J connectivity index is 2.51. The Bertz CT molecular complexity index is 464. The van der Waals surface area contributed by atoms with Gasteiger partial charge in [-0.2, -0.15) is 0 Å². The van der Waals surface area contributed by atoms with Crippen LogP contribution < -0.4 is 0 Å². The van der Waals surface area contributed by atoms with Crippen molar-refractivity contribution in [3.8, 4) is 0 Å². The van der Waals surface area contributed by atoms with Gasteiger partial charge in [0.25, 0.3) is 0 Å². The zero-order chi connectivity index (χ0) is 18.2. The number of ether oxygens (including phenoxy) is 1. The fourth-order valence-corrected chi connectivity index (χ4v) is 4.21. The molecule has 1 aromatic rings. The lowest BCUT2D eigenvalue weighted by Crippen LogP contribution is -2.36. The van der Waals surface area contributed by atoms with E-state index >= 15 is 0 Å². The highest BCUT2D eigenvalue weighted by Crippen LogP contribution is 2.36. The number of thiazole rings is 1. The summed E-state index contributed by atoms with van der Waals surface area (Å²) in [5, 5.41) is 3.08. The number of rotatable bonds is 11. The standard InChI is InChI=1S/C20H36BrNOS/c1-7-8-9-10-11-12-13-14-16(19(2,3)4)23-20(5,6)18-22-17(21)15-24-18/h15-16H,7-14H2,1-6H3. The molecule has 2 nitrogen and oxygen atoms in total. The largest absolute Gasteiger partial charge is 0.365 e. The number of halogens is 1. The number of aromatic nitrogens is 1. The highest BCUT2D eigenvalue weighted by Gasteiger charge is 2.34. The molecule has 1 aromatic heterocycles. The first-order valence-electron chi connectivity index (χ1n) is 9.46. The minimum absolute atomic E-state index is 0.147. The Kier molecular flexibility index (Phi) is 9.47. The maximum absolute atomic E-state index is 6.57. The summed E-state index contributed by atoms with van der Waals surface area (Å²) in [6.07, 6.45) is 10.8. The molecule has 1 rings (SSSR count). The van der Waals surface area contributed by atoms with Crippen LogP contribution >= 0.6 is 27.3 Å². The van der Waals surface area contributed by atoms with Gasteiger partial charge in [-0.3, -0.25) is 0 Å². The van der Waals surface area contributed by atoms with E-state index < -0.39 is 0 Å². The summed E-state index contributed by atoms with van der Waals surface area (Å²) in [7, 11) is 0. The molecule has 0 radical (unpaired) electrons. The van der Waals surface area contributed by atoms with Gasteiger partial charge in [0.05, 0.1) is 6.10 Å². The molecule has 24 heavy (non-hydrogen) atoms. The number of hydrogen-bond donors (Lipinski definition) is 0. The normalized spacial score (nSPS) is 14.1. The van der Waals surface area contributed by atoms with Gasteiger partial charge in [0, 0.05) is 5.38 Å². The molecule has 1 heterocycles. The van der Waals surface area contributed by atoms with Crippen molar-refractivity contribution >= 4 is 27.3 Å². The molecule has 0 spiro atoms. The Hall–Kier alpha value is 0.0700. The average molecular weight is 418 g/mol. The summed E-state index contributed by atoms with van der Waals surface area (Å²) >= 11 is 5.12. The third-order valence-electron chi connectivity index (χ3n) is 4.46. The van der Waals surface area contributed by atoms with Crippen molar-refractivity contribution in [3.05, 3.63) is 15.0 Å². The van der Waals surface area contributed by atoms with E-state index in [2.05, 4.69) is 62.5 Å². The molecule has 140 valence electrons. The van der Waals surface area contributed by atoms with Crippen LogP contribution in [0.3, 0.4) is 0 Å². The molecule has 0 amide bonds. The highest BCUT2D eigenvalue weighted by molar-refractivity contribution is 9.10. The molecule has 0 saturated heterocycles. The maximum atomic E-state index is 6.57. The molecule has 0 fully saturated rings.